The van der Waals surface area contributed by atoms with Crippen LogP contribution in [0.25, 0.3) is 11.7 Å². The Hall–Kier alpha value is -3.24. The molecule has 39 heavy (non-hydrogen) atoms. The highest BCUT2D eigenvalue weighted by atomic mass is 32.2. The maximum Gasteiger partial charge on any atom is 0.267 e. The number of piperazine rings is 1. The molecule has 0 spiro atoms. The van der Waals surface area contributed by atoms with E-state index in [1.54, 1.807) is 29.3 Å². The van der Waals surface area contributed by atoms with Gasteiger partial charge in [0.05, 0.1) is 16.2 Å². The molecular formula is C29H32FN5O2S2. The highest BCUT2D eigenvalue weighted by molar-refractivity contribution is 8.26. The van der Waals surface area contributed by atoms with E-state index >= 15 is 0 Å². The summed E-state index contributed by atoms with van der Waals surface area (Å²) in [5.74, 6) is 0.127. The van der Waals surface area contributed by atoms with E-state index in [1.807, 2.05) is 30.0 Å². The third-order valence-electron chi connectivity index (χ3n) is 7.22. The molecule has 3 aromatic rings. The Morgan fingerprint density at radius 1 is 1.03 bits per heavy atom. The Morgan fingerprint density at radius 2 is 1.77 bits per heavy atom. The first-order valence-corrected chi connectivity index (χ1v) is 14.6. The van der Waals surface area contributed by atoms with Crippen LogP contribution < -0.4 is 15.4 Å². The number of aryl methyl sites for hydroxylation is 1. The lowest BCUT2D eigenvalue weighted by Gasteiger charge is -2.37. The van der Waals surface area contributed by atoms with Gasteiger partial charge in [-0.1, -0.05) is 68.4 Å². The number of hydrogen-bond acceptors (Lipinski definition) is 7. The van der Waals surface area contributed by atoms with Crippen LogP contribution in [0.2, 0.25) is 0 Å². The van der Waals surface area contributed by atoms with Crippen molar-refractivity contribution in [2.45, 2.75) is 39.5 Å². The molecule has 0 radical (unpaired) electrons. The summed E-state index contributed by atoms with van der Waals surface area (Å²) >= 11 is 6.76. The molecule has 5 rings (SSSR count). The number of unbranched alkanes of at least 4 members (excludes halogenated alkanes) is 3. The molecule has 2 saturated heterocycles. The lowest BCUT2D eigenvalue weighted by Crippen LogP contribution is -2.47. The first kappa shape index (κ1) is 27.3. The van der Waals surface area contributed by atoms with Gasteiger partial charge in [0.1, 0.15) is 21.6 Å². The van der Waals surface area contributed by atoms with E-state index in [2.05, 4.69) is 11.8 Å². The summed E-state index contributed by atoms with van der Waals surface area (Å²) in [6.45, 7) is 6.93. The first-order chi connectivity index (χ1) is 18.9. The van der Waals surface area contributed by atoms with E-state index in [0.29, 0.717) is 64.7 Å². The monoisotopic (exact) mass is 565 g/mol. The van der Waals surface area contributed by atoms with Crippen LogP contribution in [0.4, 0.5) is 15.9 Å². The summed E-state index contributed by atoms with van der Waals surface area (Å²) in [7, 11) is 0. The van der Waals surface area contributed by atoms with Gasteiger partial charge < -0.3 is 9.80 Å². The Morgan fingerprint density at radius 3 is 2.51 bits per heavy atom. The maximum atomic E-state index is 14.4. The largest absolute Gasteiger partial charge is 0.366 e. The van der Waals surface area contributed by atoms with Gasteiger partial charge >= 0.3 is 0 Å². The molecular weight excluding hydrogens is 533 g/mol. The number of thiocarbonyl (C=S) groups is 1. The summed E-state index contributed by atoms with van der Waals surface area (Å²) in [6, 6.07) is 10.5. The molecule has 0 bridgehead atoms. The quantitative estimate of drug-likeness (QED) is 0.210. The van der Waals surface area contributed by atoms with E-state index in [1.165, 1.54) is 22.2 Å². The van der Waals surface area contributed by atoms with Gasteiger partial charge in [0.25, 0.3) is 11.5 Å². The number of benzene rings is 1. The second kappa shape index (κ2) is 11.9. The smallest absolute Gasteiger partial charge is 0.267 e. The van der Waals surface area contributed by atoms with Crippen molar-refractivity contribution in [1.29, 1.82) is 0 Å². The van der Waals surface area contributed by atoms with Crippen molar-refractivity contribution in [3.63, 3.8) is 0 Å². The van der Waals surface area contributed by atoms with Crippen LogP contribution >= 0.6 is 24.0 Å². The summed E-state index contributed by atoms with van der Waals surface area (Å²) in [5, 5.41) is 0. The molecule has 2 aliphatic rings. The van der Waals surface area contributed by atoms with Crippen molar-refractivity contribution in [3.05, 3.63) is 74.8 Å². The van der Waals surface area contributed by atoms with Crippen LogP contribution in [0.5, 0.6) is 0 Å². The Bertz CT molecular complexity index is 1500. The predicted octanol–water partition coefficient (Wildman–Crippen LogP) is 5.25. The molecule has 0 unspecified atom stereocenters. The minimum absolute atomic E-state index is 0.162. The molecule has 0 saturated carbocycles. The van der Waals surface area contributed by atoms with Gasteiger partial charge in [0.15, 0.2) is 0 Å². The van der Waals surface area contributed by atoms with Crippen LogP contribution in [-0.2, 0) is 4.79 Å². The fourth-order valence-corrected chi connectivity index (χ4v) is 6.35. The van der Waals surface area contributed by atoms with Gasteiger partial charge in [-0.25, -0.2) is 9.37 Å². The molecule has 0 atom stereocenters. The van der Waals surface area contributed by atoms with Gasteiger partial charge in [-0.3, -0.25) is 18.9 Å². The van der Waals surface area contributed by atoms with E-state index in [-0.39, 0.29) is 17.3 Å². The number of carbonyl (C=O) groups excluding carboxylic acids is 1. The molecule has 1 aromatic carbocycles. The van der Waals surface area contributed by atoms with Crippen molar-refractivity contribution in [3.8, 4) is 0 Å². The average Bonchev–Trinajstić information content (AvgIpc) is 3.20. The summed E-state index contributed by atoms with van der Waals surface area (Å²) in [4.78, 5) is 38.2. The predicted molar refractivity (Wildman–Crippen MR) is 161 cm³/mol. The summed E-state index contributed by atoms with van der Waals surface area (Å²) in [6.07, 6.45) is 7.54. The number of pyridine rings is 1. The lowest BCUT2D eigenvalue weighted by molar-refractivity contribution is -0.122. The molecule has 7 nitrogen and oxygen atoms in total. The third-order valence-corrected chi connectivity index (χ3v) is 8.60. The number of fused-ring (bicyclic) bond motifs is 1. The highest BCUT2D eigenvalue weighted by Gasteiger charge is 2.33. The molecule has 0 aliphatic carbocycles. The van der Waals surface area contributed by atoms with Crippen LogP contribution in [-0.4, -0.2) is 57.2 Å². The number of carbonyl (C=O) groups is 1. The van der Waals surface area contributed by atoms with Gasteiger partial charge in [-0.2, -0.15) is 0 Å². The van der Waals surface area contributed by atoms with E-state index in [0.717, 1.165) is 31.2 Å². The first-order valence-electron chi connectivity index (χ1n) is 13.4. The number of halogens is 1. The maximum absolute atomic E-state index is 14.4. The number of rotatable bonds is 8. The zero-order valence-corrected chi connectivity index (χ0v) is 23.9. The fourth-order valence-electron chi connectivity index (χ4n) is 5.06. The Balaban J connectivity index is 1.48. The molecule has 2 fully saturated rings. The number of para-hydroxylation sites is 1. The number of amides is 1. The third kappa shape index (κ3) is 5.58. The molecule has 0 N–H and O–H groups in total. The second-order valence-corrected chi connectivity index (χ2v) is 11.5. The van der Waals surface area contributed by atoms with Crippen molar-refractivity contribution < 1.29 is 9.18 Å². The van der Waals surface area contributed by atoms with Crippen LogP contribution in [0.1, 0.15) is 43.7 Å². The van der Waals surface area contributed by atoms with E-state index in [4.69, 9.17) is 17.2 Å². The molecule has 4 heterocycles. The number of aromatic nitrogens is 2. The van der Waals surface area contributed by atoms with Crippen molar-refractivity contribution in [2.24, 2.45) is 0 Å². The highest BCUT2D eigenvalue weighted by Crippen LogP contribution is 2.34. The summed E-state index contributed by atoms with van der Waals surface area (Å²) in [5.41, 5.74) is 2.16. The SMILES string of the molecule is CCCCCCN1C(=O)C(=Cc2c(N3CCN(c4ccccc4F)CC3)nc3c(C)cccn3c2=O)SC1=S. The van der Waals surface area contributed by atoms with Crippen molar-refractivity contribution >= 4 is 57.4 Å². The van der Waals surface area contributed by atoms with Gasteiger partial charge in [0, 0.05) is 38.9 Å². The van der Waals surface area contributed by atoms with Crippen LogP contribution in [0, 0.1) is 12.7 Å². The zero-order chi connectivity index (χ0) is 27.5. The van der Waals surface area contributed by atoms with Crippen LogP contribution in [0.15, 0.2) is 52.3 Å². The summed E-state index contributed by atoms with van der Waals surface area (Å²) < 4.78 is 16.5. The molecule has 1 amide bonds. The van der Waals surface area contributed by atoms with E-state index in [9.17, 15) is 14.0 Å². The molecule has 2 aliphatic heterocycles. The lowest BCUT2D eigenvalue weighted by atomic mass is 10.2. The fraction of sp³-hybridized carbons (Fsp3) is 0.379. The van der Waals surface area contributed by atoms with Crippen molar-refractivity contribution in [2.75, 3.05) is 42.5 Å². The van der Waals surface area contributed by atoms with Gasteiger partial charge in [0.2, 0.25) is 0 Å². The molecule has 2 aromatic heterocycles. The topological polar surface area (TPSA) is 61.2 Å². The number of anilines is 2. The zero-order valence-electron chi connectivity index (χ0n) is 22.2. The second-order valence-electron chi connectivity index (χ2n) is 9.86. The van der Waals surface area contributed by atoms with Gasteiger partial charge in [-0.15, -0.1) is 0 Å². The normalized spacial score (nSPS) is 17.2. The standard InChI is InChI=1S/C29H32FN5O2S2/c1-3-4-5-8-13-35-28(37)24(39-29(35)38)19-21-26(31-25-20(2)10-9-14-34(25)27(21)36)33-17-15-32(16-18-33)23-12-7-6-11-22(23)30/h6-7,9-12,14,19H,3-5,8,13,15-18H2,1-2H3. The number of nitrogens with zero attached hydrogens (tertiary/aromatic N) is 5. The van der Waals surface area contributed by atoms with Crippen LogP contribution in [0.3, 0.4) is 0 Å². The number of thioether (sulfide) groups is 1. The minimum Gasteiger partial charge on any atom is -0.366 e. The van der Waals surface area contributed by atoms with Crippen molar-refractivity contribution in [1.82, 2.24) is 14.3 Å². The number of hydrogen-bond donors (Lipinski definition) is 0. The minimum atomic E-state index is -0.249. The molecule has 204 valence electrons. The Labute approximate surface area is 237 Å². The average molecular weight is 566 g/mol. The van der Waals surface area contributed by atoms with Gasteiger partial charge in [-0.05, 0) is 43.2 Å². The van der Waals surface area contributed by atoms with E-state index < -0.39 is 0 Å². The Kier molecular flexibility index (Phi) is 8.32. The molecule has 10 heteroatoms.